The van der Waals surface area contributed by atoms with E-state index in [-0.39, 0.29) is 11.1 Å². The molecule has 2 aromatic rings. The molecule has 0 saturated heterocycles. The molecule has 0 unspecified atom stereocenters. The molecule has 0 bridgehead atoms. The number of hydrogen-bond donors (Lipinski definition) is 1. The fraction of sp³-hybridized carbons (Fsp3) is 0.0714. The Kier molecular flexibility index (Phi) is 5.75. The lowest BCUT2D eigenvalue weighted by molar-refractivity contribution is 0.0600. The van der Waals surface area contributed by atoms with Crippen molar-refractivity contribution in [3.63, 3.8) is 0 Å². The molecule has 1 heterocycles. The van der Waals surface area contributed by atoms with E-state index in [1.807, 2.05) is 36.4 Å². The SMILES string of the molecule is COC(=O)c1cncc(C(=O)O)c1.c1ccccc1. The van der Waals surface area contributed by atoms with E-state index in [9.17, 15) is 9.59 Å². The molecule has 0 aliphatic heterocycles. The second-order valence-electron chi connectivity index (χ2n) is 3.41. The molecule has 0 aliphatic rings. The van der Waals surface area contributed by atoms with Crippen LogP contribution in [0.25, 0.3) is 0 Å². The number of nitrogens with zero attached hydrogens (tertiary/aromatic N) is 1. The van der Waals surface area contributed by atoms with Gasteiger partial charge in [-0.1, -0.05) is 36.4 Å². The second kappa shape index (κ2) is 7.60. The summed E-state index contributed by atoms with van der Waals surface area (Å²) in [5, 5.41) is 8.57. The molecule has 2 rings (SSSR count). The molecule has 0 amide bonds. The van der Waals surface area contributed by atoms with Crippen LogP contribution in [-0.2, 0) is 4.74 Å². The molecule has 0 fully saturated rings. The van der Waals surface area contributed by atoms with Crippen LogP contribution in [0.5, 0.6) is 0 Å². The van der Waals surface area contributed by atoms with Gasteiger partial charge in [-0.25, -0.2) is 9.59 Å². The summed E-state index contributed by atoms with van der Waals surface area (Å²) in [6.45, 7) is 0. The molecule has 98 valence electrons. The number of carboxylic acid groups (broad SMARTS) is 1. The van der Waals surface area contributed by atoms with Crippen LogP contribution in [-0.4, -0.2) is 29.1 Å². The lowest BCUT2D eigenvalue weighted by Gasteiger charge is -1.98. The van der Waals surface area contributed by atoms with E-state index in [4.69, 9.17) is 5.11 Å². The predicted molar refractivity (Wildman–Crippen MR) is 69.0 cm³/mol. The number of aromatic nitrogens is 1. The van der Waals surface area contributed by atoms with Gasteiger partial charge in [-0.2, -0.15) is 0 Å². The fourth-order valence-corrected chi connectivity index (χ4v) is 1.17. The highest BCUT2D eigenvalue weighted by molar-refractivity contribution is 5.93. The number of benzene rings is 1. The minimum absolute atomic E-state index is 0.0390. The van der Waals surface area contributed by atoms with Gasteiger partial charge in [0.2, 0.25) is 0 Å². The summed E-state index contributed by atoms with van der Waals surface area (Å²) in [6.07, 6.45) is 2.41. The number of methoxy groups -OCH3 is 1. The molecule has 1 aromatic carbocycles. The zero-order valence-electron chi connectivity index (χ0n) is 10.3. The van der Waals surface area contributed by atoms with Crippen molar-refractivity contribution in [1.29, 1.82) is 0 Å². The van der Waals surface area contributed by atoms with Crippen molar-refractivity contribution in [2.45, 2.75) is 0 Å². The van der Waals surface area contributed by atoms with Crippen LogP contribution in [0.3, 0.4) is 0 Å². The lowest BCUT2D eigenvalue weighted by Crippen LogP contribution is -2.05. The first-order valence-electron chi connectivity index (χ1n) is 5.42. The van der Waals surface area contributed by atoms with Crippen LogP contribution in [0, 0.1) is 0 Å². The highest BCUT2D eigenvalue weighted by Gasteiger charge is 2.09. The van der Waals surface area contributed by atoms with Gasteiger partial charge in [0.05, 0.1) is 18.2 Å². The molecule has 19 heavy (non-hydrogen) atoms. The highest BCUT2D eigenvalue weighted by Crippen LogP contribution is 2.03. The van der Waals surface area contributed by atoms with E-state index < -0.39 is 11.9 Å². The Bertz CT molecular complexity index is 513. The molecule has 0 saturated carbocycles. The summed E-state index contributed by atoms with van der Waals surface area (Å²) in [5.41, 5.74) is 0.0882. The summed E-state index contributed by atoms with van der Waals surface area (Å²) in [7, 11) is 1.22. The van der Waals surface area contributed by atoms with E-state index in [1.165, 1.54) is 19.4 Å². The largest absolute Gasteiger partial charge is 0.478 e. The average molecular weight is 259 g/mol. The smallest absolute Gasteiger partial charge is 0.339 e. The van der Waals surface area contributed by atoms with Crippen LogP contribution < -0.4 is 0 Å². The highest BCUT2D eigenvalue weighted by atomic mass is 16.5. The minimum atomic E-state index is -1.13. The van der Waals surface area contributed by atoms with Crippen molar-refractivity contribution in [1.82, 2.24) is 4.98 Å². The number of rotatable bonds is 2. The second-order valence-corrected chi connectivity index (χ2v) is 3.41. The summed E-state index contributed by atoms with van der Waals surface area (Å²) >= 11 is 0. The van der Waals surface area contributed by atoms with E-state index in [1.54, 1.807) is 0 Å². The van der Waals surface area contributed by atoms with E-state index in [2.05, 4.69) is 9.72 Å². The number of ether oxygens (including phenoxy) is 1. The number of aromatic carboxylic acids is 1. The summed E-state index contributed by atoms with van der Waals surface area (Å²) < 4.78 is 4.40. The van der Waals surface area contributed by atoms with E-state index in [0.29, 0.717) is 0 Å². The summed E-state index contributed by atoms with van der Waals surface area (Å²) in [5.74, 6) is -1.73. The van der Waals surface area contributed by atoms with Crippen molar-refractivity contribution < 1.29 is 19.4 Å². The van der Waals surface area contributed by atoms with Crippen LogP contribution in [0.1, 0.15) is 20.7 Å². The summed E-state index contributed by atoms with van der Waals surface area (Å²) in [4.78, 5) is 25.0. The predicted octanol–water partition coefficient (Wildman–Crippen LogP) is 2.25. The van der Waals surface area contributed by atoms with Gasteiger partial charge in [-0.05, 0) is 6.07 Å². The number of carboxylic acids is 1. The van der Waals surface area contributed by atoms with Crippen molar-refractivity contribution in [2.75, 3.05) is 7.11 Å². The molecule has 0 aliphatic carbocycles. The number of hydrogen-bond acceptors (Lipinski definition) is 4. The standard InChI is InChI=1S/C8H7NO4.C6H6/c1-13-8(12)6-2-5(7(10)11)3-9-4-6;1-2-4-6-5-3-1/h2-4H,1H3,(H,10,11);1-6H. The maximum absolute atomic E-state index is 10.9. The first-order chi connectivity index (χ1) is 9.15. The average Bonchev–Trinajstić information content (AvgIpc) is 2.49. The van der Waals surface area contributed by atoms with Crippen LogP contribution in [0.2, 0.25) is 0 Å². The first-order valence-corrected chi connectivity index (χ1v) is 5.42. The summed E-state index contributed by atoms with van der Waals surface area (Å²) in [6, 6.07) is 13.2. The molecule has 1 N–H and O–H groups in total. The third kappa shape index (κ3) is 4.99. The molecule has 5 heteroatoms. The lowest BCUT2D eigenvalue weighted by atomic mass is 10.2. The molecule has 1 aromatic heterocycles. The van der Waals surface area contributed by atoms with Gasteiger partial charge >= 0.3 is 11.9 Å². The van der Waals surface area contributed by atoms with Crippen LogP contribution in [0.15, 0.2) is 54.9 Å². The zero-order valence-corrected chi connectivity index (χ0v) is 10.3. The molecule has 0 spiro atoms. The molecule has 0 radical (unpaired) electrons. The number of carbonyl (C=O) groups is 2. The quantitative estimate of drug-likeness (QED) is 0.837. The third-order valence-electron chi connectivity index (χ3n) is 2.07. The Morgan fingerprint density at radius 3 is 1.89 bits per heavy atom. The number of esters is 1. The Morgan fingerprint density at radius 2 is 1.47 bits per heavy atom. The van der Waals surface area contributed by atoms with Gasteiger partial charge < -0.3 is 9.84 Å². The zero-order chi connectivity index (χ0) is 14.1. The van der Waals surface area contributed by atoms with Crippen LogP contribution >= 0.6 is 0 Å². The van der Waals surface area contributed by atoms with Crippen molar-refractivity contribution in [2.24, 2.45) is 0 Å². The maximum atomic E-state index is 10.9. The van der Waals surface area contributed by atoms with Crippen LogP contribution in [0.4, 0.5) is 0 Å². The van der Waals surface area contributed by atoms with Gasteiger partial charge in [0, 0.05) is 12.4 Å². The van der Waals surface area contributed by atoms with Gasteiger partial charge in [-0.3, -0.25) is 4.98 Å². The van der Waals surface area contributed by atoms with E-state index in [0.717, 1.165) is 6.20 Å². The Hall–Kier alpha value is -2.69. The molecule has 5 nitrogen and oxygen atoms in total. The Balaban J connectivity index is 0.000000250. The van der Waals surface area contributed by atoms with Gasteiger partial charge in [0.1, 0.15) is 0 Å². The maximum Gasteiger partial charge on any atom is 0.339 e. The molecular weight excluding hydrogens is 246 g/mol. The van der Waals surface area contributed by atoms with Crippen molar-refractivity contribution in [3.8, 4) is 0 Å². The van der Waals surface area contributed by atoms with Crippen molar-refractivity contribution >= 4 is 11.9 Å². The normalized spacial score (nSPS) is 8.89. The fourth-order valence-electron chi connectivity index (χ4n) is 1.17. The van der Waals surface area contributed by atoms with Gasteiger partial charge in [0.25, 0.3) is 0 Å². The molecular formula is C14H13NO4. The Labute approximate surface area is 110 Å². The topological polar surface area (TPSA) is 76.5 Å². The van der Waals surface area contributed by atoms with Gasteiger partial charge in [-0.15, -0.1) is 0 Å². The third-order valence-corrected chi connectivity index (χ3v) is 2.07. The monoisotopic (exact) mass is 259 g/mol. The molecule has 0 atom stereocenters. The Morgan fingerprint density at radius 1 is 1.00 bits per heavy atom. The van der Waals surface area contributed by atoms with Gasteiger partial charge in [0.15, 0.2) is 0 Å². The number of carbonyl (C=O) groups excluding carboxylic acids is 1. The first kappa shape index (κ1) is 14.4. The number of pyridine rings is 1. The van der Waals surface area contributed by atoms with Crippen molar-refractivity contribution in [3.05, 3.63) is 66.0 Å². The minimum Gasteiger partial charge on any atom is -0.478 e. The van der Waals surface area contributed by atoms with E-state index >= 15 is 0 Å².